The monoisotopic (exact) mass is 283 g/mol. The van der Waals surface area contributed by atoms with E-state index in [0.717, 1.165) is 0 Å². The molecule has 1 unspecified atom stereocenters. The van der Waals surface area contributed by atoms with Gasteiger partial charge in [0.25, 0.3) is 5.91 Å². The fourth-order valence-electron chi connectivity index (χ4n) is 2.39. The predicted molar refractivity (Wildman–Crippen MR) is 66.6 cm³/mol. The van der Waals surface area contributed by atoms with Gasteiger partial charge in [0.2, 0.25) is 5.91 Å². The molecule has 4 amide bonds. The lowest BCUT2D eigenvalue weighted by Crippen LogP contribution is -2.49. The largest absolute Gasteiger partial charge is 0.481 e. The van der Waals surface area contributed by atoms with Gasteiger partial charge in [0.05, 0.1) is 5.92 Å². The third-order valence-corrected chi connectivity index (χ3v) is 3.88. The van der Waals surface area contributed by atoms with E-state index in [1.54, 1.807) is 13.8 Å². The topological polar surface area (TPSA) is 107 Å². The molecule has 0 aromatic heterocycles. The quantitative estimate of drug-likeness (QED) is 0.663. The van der Waals surface area contributed by atoms with Crippen molar-refractivity contribution in [2.75, 3.05) is 19.6 Å². The van der Waals surface area contributed by atoms with Crippen molar-refractivity contribution in [3.05, 3.63) is 0 Å². The van der Waals surface area contributed by atoms with Crippen LogP contribution in [-0.4, -0.2) is 63.9 Å². The maximum atomic E-state index is 12.1. The number of imide groups is 1. The van der Waals surface area contributed by atoms with E-state index in [2.05, 4.69) is 5.32 Å². The number of hydrogen-bond acceptors (Lipinski definition) is 4. The zero-order chi connectivity index (χ0) is 15.1. The summed E-state index contributed by atoms with van der Waals surface area (Å²) in [5, 5.41) is 11.1. The summed E-state index contributed by atoms with van der Waals surface area (Å²) in [6, 6.07) is -0.595. The van der Waals surface area contributed by atoms with E-state index in [1.807, 2.05) is 0 Å². The Bertz CT molecular complexity index is 487. The van der Waals surface area contributed by atoms with Crippen LogP contribution in [0.15, 0.2) is 0 Å². The Labute approximate surface area is 115 Å². The standard InChI is InChI=1S/C12H17N3O5/c1-12(2)10(19)13-11(20)15(12)6-8(16)14-4-3-7(5-14)9(17)18/h7H,3-6H2,1-2H3,(H,17,18)(H,13,19,20). The van der Waals surface area contributed by atoms with Crippen molar-refractivity contribution in [1.29, 1.82) is 0 Å². The van der Waals surface area contributed by atoms with Crippen LogP contribution < -0.4 is 5.32 Å². The SMILES string of the molecule is CC1(C)C(=O)NC(=O)N1CC(=O)N1CCC(C(=O)O)C1. The molecule has 0 radical (unpaired) electrons. The fourth-order valence-corrected chi connectivity index (χ4v) is 2.39. The van der Waals surface area contributed by atoms with Crippen molar-refractivity contribution < 1.29 is 24.3 Å². The van der Waals surface area contributed by atoms with Crippen LogP contribution in [0, 0.1) is 5.92 Å². The summed E-state index contributed by atoms with van der Waals surface area (Å²) >= 11 is 0. The highest BCUT2D eigenvalue weighted by atomic mass is 16.4. The third kappa shape index (κ3) is 2.33. The minimum absolute atomic E-state index is 0.151. The molecule has 0 aliphatic carbocycles. The number of carbonyl (C=O) groups excluding carboxylic acids is 3. The number of nitrogens with one attached hydrogen (secondary N) is 1. The summed E-state index contributed by atoms with van der Waals surface area (Å²) in [5.74, 6) is -2.26. The van der Waals surface area contributed by atoms with Crippen molar-refractivity contribution in [3.8, 4) is 0 Å². The van der Waals surface area contributed by atoms with Gasteiger partial charge in [0.15, 0.2) is 0 Å². The summed E-state index contributed by atoms with van der Waals surface area (Å²) in [6.07, 6.45) is 0.412. The van der Waals surface area contributed by atoms with Gasteiger partial charge in [-0.05, 0) is 20.3 Å². The van der Waals surface area contributed by atoms with Crippen LogP contribution in [0.25, 0.3) is 0 Å². The van der Waals surface area contributed by atoms with Gasteiger partial charge >= 0.3 is 12.0 Å². The smallest absolute Gasteiger partial charge is 0.325 e. The van der Waals surface area contributed by atoms with Gasteiger partial charge in [-0.1, -0.05) is 0 Å². The summed E-state index contributed by atoms with van der Waals surface area (Å²) in [4.78, 5) is 48.8. The molecule has 2 N–H and O–H groups in total. The molecule has 8 nitrogen and oxygen atoms in total. The first-order valence-electron chi connectivity index (χ1n) is 6.37. The second-order valence-electron chi connectivity index (χ2n) is 5.57. The highest BCUT2D eigenvalue weighted by Gasteiger charge is 2.47. The predicted octanol–water partition coefficient (Wildman–Crippen LogP) is -0.750. The molecule has 110 valence electrons. The molecule has 2 heterocycles. The van der Waals surface area contributed by atoms with Crippen LogP contribution in [0.2, 0.25) is 0 Å². The lowest BCUT2D eigenvalue weighted by atomic mass is 10.0. The third-order valence-electron chi connectivity index (χ3n) is 3.88. The van der Waals surface area contributed by atoms with Crippen LogP contribution >= 0.6 is 0 Å². The molecule has 1 atom stereocenters. The number of aliphatic carboxylic acids is 1. The van der Waals surface area contributed by atoms with Crippen molar-refractivity contribution in [2.24, 2.45) is 5.92 Å². The Hall–Kier alpha value is -2.12. The lowest BCUT2D eigenvalue weighted by Gasteiger charge is -2.29. The second kappa shape index (κ2) is 4.77. The first kappa shape index (κ1) is 14.3. The Balaban J connectivity index is 2.00. The summed E-state index contributed by atoms with van der Waals surface area (Å²) in [6.45, 7) is 3.41. The Kier molecular flexibility index (Phi) is 3.41. The maximum Gasteiger partial charge on any atom is 0.325 e. The Morgan fingerprint density at radius 3 is 2.50 bits per heavy atom. The second-order valence-corrected chi connectivity index (χ2v) is 5.57. The maximum absolute atomic E-state index is 12.1. The summed E-state index contributed by atoms with van der Waals surface area (Å²) in [7, 11) is 0. The fraction of sp³-hybridized carbons (Fsp3) is 0.667. The molecule has 0 spiro atoms. The van der Waals surface area contributed by atoms with Crippen molar-refractivity contribution >= 4 is 23.8 Å². The van der Waals surface area contributed by atoms with E-state index >= 15 is 0 Å². The van der Waals surface area contributed by atoms with E-state index < -0.39 is 29.4 Å². The van der Waals surface area contributed by atoms with Crippen LogP contribution in [-0.2, 0) is 14.4 Å². The average Bonchev–Trinajstić information content (AvgIpc) is 2.90. The molecular formula is C12H17N3O5. The highest BCUT2D eigenvalue weighted by molar-refractivity contribution is 6.07. The number of carbonyl (C=O) groups is 4. The molecule has 0 aromatic rings. The number of rotatable bonds is 3. The Morgan fingerprint density at radius 2 is 2.05 bits per heavy atom. The van der Waals surface area contributed by atoms with E-state index in [9.17, 15) is 19.2 Å². The van der Waals surface area contributed by atoms with E-state index in [0.29, 0.717) is 13.0 Å². The molecule has 2 rings (SSSR count). The van der Waals surface area contributed by atoms with Crippen molar-refractivity contribution in [1.82, 2.24) is 15.1 Å². The van der Waals surface area contributed by atoms with Crippen LogP contribution in [0.1, 0.15) is 20.3 Å². The number of amides is 4. The first-order valence-corrected chi connectivity index (χ1v) is 6.37. The number of likely N-dealkylation sites (tertiary alicyclic amines) is 1. The number of urea groups is 1. The van der Waals surface area contributed by atoms with Crippen LogP contribution in [0.4, 0.5) is 4.79 Å². The number of carboxylic acid groups (broad SMARTS) is 1. The normalized spacial score (nSPS) is 25.0. The van der Waals surface area contributed by atoms with Crippen molar-refractivity contribution in [2.45, 2.75) is 25.8 Å². The van der Waals surface area contributed by atoms with E-state index in [-0.39, 0.29) is 19.0 Å². The molecule has 0 aromatic carbocycles. The number of nitrogens with zero attached hydrogens (tertiary/aromatic N) is 2. The Morgan fingerprint density at radius 1 is 1.40 bits per heavy atom. The van der Waals surface area contributed by atoms with Crippen LogP contribution in [0.3, 0.4) is 0 Å². The molecule has 2 aliphatic heterocycles. The molecule has 0 saturated carbocycles. The van der Waals surface area contributed by atoms with E-state index in [1.165, 1.54) is 9.80 Å². The number of carboxylic acids is 1. The zero-order valence-corrected chi connectivity index (χ0v) is 11.4. The average molecular weight is 283 g/mol. The van der Waals surface area contributed by atoms with Gasteiger partial charge in [-0.2, -0.15) is 0 Å². The minimum atomic E-state index is -1.07. The van der Waals surface area contributed by atoms with Gasteiger partial charge in [-0.25, -0.2) is 4.79 Å². The van der Waals surface area contributed by atoms with E-state index in [4.69, 9.17) is 5.11 Å². The summed E-state index contributed by atoms with van der Waals surface area (Å²) < 4.78 is 0. The molecular weight excluding hydrogens is 266 g/mol. The van der Waals surface area contributed by atoms with Gasteiger partial charge in [0.1, 0.15) is 12.1 Å². The van der Waals surface area contributed by atoms with Gasteiger partial charge in [0, 0.05) is 13.1 Å². The molecule has 8 heteroatoms. The highest BCUT2D eigenvalue weighted by Crippen LogP contribution is 2.22. The first-order chi connectivity index (χ1) is 9.23. The van der Waals surface area contributed by atoms with Crippen LogP contribution in [0.5, 0.6) is 0 Å². The molecule has 2 fully saturated rings. The van der Waals surface area contributed by atoms with Gasteiger partial charge < -0.3 is 14.9 Å². The molecule has 20 heavy (non-hydrogen) atoms. The minimum Gasteiger partial charge on any atom is -0.481 e. The summed E-state index contributed by atoms with van der Waals surface area (Å²) in [5.41, 5.74) is -1.07. The zero-order valence-electron chi connectivity index (χ0n) is 11.4. The molecule has 2 aliphatic rings. The van der Waals surface area contributed by atoms with Gasteiger partial charge in [-0.15, -0.1) is 0 Å². The lowest BCUT2D eigenvalue weighted by molar-refractivity contribution is -0.141. The number of hydrogen-bond donors (Lipinski definition) is 2. The molecule has 2 saturated heterocycles. The van der Waals surface area contributed by atoms with Gasteiger partial charge in [-0.3, -0.25) is 19.7 Å². The van der Waals surface area contributed by atoms with Crippen molar-refractivity contribution in [3.63, 3.8) is 0 Å². The molecule has 0 bridgehead atoms.